The summed E-state index contributed by atoms with van der Waals surface area (Å²) >= 11 is 0. The molecule has 1 heterocycles. The van der Waals surface area contributed by atoms with E-state index in [1.54, 1.807) is 0 Å². The molecule has 0 aliphatic heterocycles. The molecule has 0 radical (unpaired) electrons. The van der Waals surface area contributed by atoms with Crippen LogP contribution in [0.15, 0.2) is 19.0 Å². The van der Waals surface area contributed by atoms with Crippen LogP contribution < -0.4 is 5.73 Å². The average molecular weight is 219 g/mol. The van der Waals surface area contributed by atoms with Gasteiger partial charge in [0.25, 0.3) is 0 Å². The van der Waals surface area contributed by atoms with Gasteiger partial charge < -0.3 is 10.3 Å². The first kappa shape index (κ1) is 11.2. The third kappa shape index (κ3) is 2.13. The van der Waals surface area contributed by atoms with Crippen molar-refractivity contribution in [3.05, 3.63) is 24.7 Å². The van der Waals surface area contributed by atoms with Crippen molar-refractivity contribution in [1.82, 2.24) is 9.55 Å². The van der Waals surface area contributed by atoms with Crippen LogP contribution in [0.2, 0.25) is 0 Å². The van der Waals surface area contributed by atoms with E-state index in [-0.39, 0.29) is 0 Å². The second-order valence-electron chi connectivity index (χ2n) is 4.91. The zero-order valence-electron chi connectivity index (χ0n) is 10.0. The van der Waals surface area contributed by atoms with Crippen LogP contribution in [-0.2, 0) is 6.54 Å². The van der Waals surface area contributed by atoms with Gasteiger partial charge in [0.15, 0.2) is 0 Å². The fourth-order valence-electron chi connectivity index (χ4n) is 2.54. The minimum absolute atomic E-state index is 0.572. The van der Waals surface area contributed by atoms with Crippen LogP contribution in [0.25, 0.3) is 0 Å². The third-order valence-electron chi connectivity index (χ3n) is 3.64. The van der Waals surface area contributed by atoms with Crippen LogP contribution in [0, 0.1) is 5.92 Å². The molecule has 0 bridgehead atoms. The minimum Gasteiger partial charge on any atom is -0.384 e. The quantitative estimate of drug-likeness (QED) is 0.794. The molecule has 3 heteroatoms. The Morgan fingerprint density at radius 2 is 2.19 bits per heavy atom. The summed E-state index contributed by atoms with van der Waals surface area (Å²) in [6, 6.07) is 0. The molecule has 2 N–H and O–H groups in total. The molecule has 16 heavy (non-hydrogen) atoms. The first-order valence-electron chi connectivity index (χ1n) is 6.13. The Morgan fingerprint density at radius 1 is 1.50 bits per heavy atom. The number of aromatic nitrogens is 2. The van der Waals surface area contributed by atoms with Crippen LogP contribution in [0.3, 0.4) is 0 Å². The zero-order valence-corrected chi connectivity index (χ0v) is 10.0. The monoisotopic (exact) mass is 219 g/mol. The fourth-order valence-corrected chi connectivity index (χ4v) is 2.54. The molecule has 88 valence electrons. The molecule has 1 aliphatic carbocycles. The first-order chi connectivity index (χ1) is 7.72. The van der Waals surface area contributed by atoms with E-state index in [2.05, 4.69) is 18.5 Å². The summed E-state index contributed by atoms with van der Waals surface area (Å²) in [4.78, 5) is 4.47. The molecule has 0 atom stereocenters. The molecular formula is C13H21N3. The number of nitrogen functional groups attached to an aromatic ring is 1. The Kier molecular flexibility index (Phi) is 3.32. The molecule has 2 rings (SSSR count). The first-order valence-corrected chi connectivity index (χ1v) is 6.13. The van der Waals surface area contributed by atoms with Gasteiger partial charge in [-0.3, -0.25) is 0 Å². The Hall–Kier alpha value is -1.25. The smallest absolute Gasteiger partial charge is 0.127 e. The molecule has 1 aromatic rings. The maximum absolute atomic E-state index is 6.11. The molecule has 0 amide bonds. The van der Waals surface area contributed by atoms with E-state index in [4.69, 9.17) is 5.73 Å². The predicted octanol–water partition coefficient (Wildman–Crippen LogP) is 2.95. The summed E-state index contributed by atoms with van der Waals surface area (Å²) in [7, 11) is 0. The molecule has 0 spiro atoms. The van der Waals surface area contributed by atoms with Crippen molar-refractivity contribution < 1.29 is 0 Å². The highest BCUT2D eigenvalue weighted by Crippen LogP contribution is 2.36. The Bertz CT molecular complexity index is 359. The number of nitrogens with zero attached hydrogens (tertiary/aromatic N) is 2. The van der Waals surface area contributed by atoms with Gasteiger partial charge >= 0.3 is 0 Å². The van der Waals surface area contributed by atoms with Crippen LogP contribution in [0.1, 0.15) is 44.2 Å². The van der Waals surface area contributed by atoms with Gasteiger partial charge in [0.05, 0.1) is 12.0 Å². The average Bonchev–Trinajstić information content (AvgIpc) is 2.63. The molecule has 3 nitrogen and oxygen atoms in total. The number of hydrogen-bond donors (Lipinski definition) is 1. The molecule has 1 aromatic heterocycles. The lowest BCUT2D eigenvalue weighted by atomic mass is 9.81. The maximum Gasteiger partial charge on any atom is 0.127 e. The number of rotatable bonds is 3. The summed E-state index contributed by atoms with van der Waals surface area (Å²) < 4.78 is 1.97. The second kappa shape index (κ2) is 4.73. The lowest BCUT2D eigenvalue weighted by Gasteiger charge is -2.25. The molecule has 1 fully saturated rings. The fraction of sp³-hybridized carbons (Fsp3) is 0.615. The van der Waals surface area contributed by atoms with Gasteiger partial charge in [0, 0.05) is 12.5 Å². The minimum atomic E-state index is 0.572. The number of anilines is 1. The van der Waals surface area contributed by atoms with Crippen molar-refractivity contribution in [3.8, 4) is 0 Å². The van der Waals surface area contributed by atoms with Gasteiger partial charge in [-0.2, -0.15) is 0 Å². The topological polar surface area (TPSA) is 43.8 Å². The summed E-state index contributed by atoms with van der Waals surface area (Å²) in [6.07, 6.45) is 8.76. The SMILES string of the molecule is C=CCn1cnc(C2CCC(C)CC2)c1N. The molecule has 0 aromatic carbocycles. The highest BCUT2D eigenvalue weighted by molar-refractivity contribution is 5.39. The summed E-state index contributed by atoms with van der Waals surface area (Å²) in [5.41, 5.74) is 7.21. The van der Waals surface area contributed by atoms with Gasteiger partial charge in [-0.05, 0) is 18.8 Å². The molecular weight excluding hydrogens is 198 g/mol. The van der Waals surface area contributed by atoms with Crippen LogP contribution >= 0.6 is 0 Å². The molecule has 1 saturated carbocycles. The van der Waals surface area contributed by atoms with E-state index in [0.29, 0.717) is 5.92 Å². The van der Waals surface area contributed by atoms with Crippen molar-refractivity contribution >= 4 is 5.82 Å². The largest absolute Gasteiger partial charge is 0.384 e. The summed E-state index contributed by atoms with van der Waals surface area (Å²) in [5.74, 6) is 2.27. The van der Waals surface area contributed by atoms with E-state index < -0.39 is 0 Å². The normalized spacial score (nSPS) is 25.6. The van der Waals surface area contributed by atoms with Crippen LogP contribution in [0.4, 0.5) is 5.82 Å². The summed E-state index contributed by atoms with van der Waals surface area (Å²) in [5, 5.41) is 0. The van der Waals surface area contributed by atoms with E-state index in [1.807, 2.05) is 17.0 Å². The van der Waals surface area contributed by atoms with Crippen LogP contribution in [0.5, 0.6) is 0 Å². The van der Waals surface area contributed by atoms with E-state index >= 15 is 0 Å². The van der Waals surface area contributed by atoms with Crippen molar-refractivity contribution in [2.24, 2.45) is 5.92 Å². The van der Waals surface area contributed by atoms with Gasteiger partial charge in [0.2, 0.25) is 0 Å². The van der Waals surface area contributed by atoms with E-state index in [0.717, 1.165) is 24.0 Å². The van der Waals surface area contributed by atoms with E-state index in [9.17, 15) is 0 Å². The summed E-state index contributed by atoms with van der Waals surface area (Å²) in [6.45, 7) is 6.81. The number of allylic oxidation sites excluding steroid dienone is 1. The zero-order chi connectivity index (χ0) is 11.5. The number of imidazole rings is 1. The van der Waals surface area contributed by atoms with Crippen molar-refractivity contribution in [1.29, 1.82) is 0 Å². The van der Waals surface area contributed by atoms with Crippen molar-refractivity contribution in [2.45, 2.75) is 45.1 Å². The Labute approximate surface area is 97.4 Å². The Balaban J connectivity index is 2.11. The van der Waals surface area contributed by atoms with Crippen molar-refractivity contribution in [2.75, 3.05) is 5.73 Å². The number of nitrogens with two attached hydrogens (primary N) is 1. The molecule has 1 aliphatic rings. The second-order valence-corrected chi connectivity index (χ2v) is 4.91. The van der Waals surface area contributed by atoms with Gasteiger partial charge in [-0.15, -0.1) is 6.58 Å². The third-order valence-corrected chi connectivity index (χ3v) is 3.64. The highest BCUT2D eigenvalue weighted by Gasteiger charge is 2.23. The lowest BCUT2D eigenvalue weighted by molar-refractivity contribution is 0.345. The van der Waals surface area contributed by atoms with Crippen molar-refractivity contribution in [3.63, 3.8) is 0 Å². The standard InChI is InChI=1S/C13H21N3/c1-3-8-16-9-15-12(13(16)14)11-6-4-10(2)5-7-11/h3,9-11H,1,4-8,14H2,2H3. The van der Waals surface area contributed by atoms with Gasteiger partial charge in [-0.1, -0.05) is 25.8 Å². The lowest BCUT2D eigenvalue weighted by Crippen LogP contribution is -2.13. The Morgan fingerprint density at radius 3 is 2.81 bits per heavy atom. The van der Waals surface area contributed by atoms with E-state index in [1.165, 1.54) is 25.7 Å². The highest BCUT2D eigenvalue weighted by atomic mass is 15.1. The molecule has 0 saturated heterocycles. The van der Waals surface area contributed by atoms with Crippen LogP contribution in [-0.4, -0.2) is 9.55 Å². The molecule has 0 unspecified atom stereocenters. The number of hydrogen-bond acceptors (Lipinski definition) is 2. The van der Waals surface area contributed by atoms with Gasteiger partial charge in [0.1, 0.15) is 5.82 Å². The van der Waals surface area contributed by atoms with Gasteiger partial charge in [-0.25, -0.2) is 4.98 Å². The predicted molar refractivity (Wildman–Crippen MR) is 67.2 cm³/mol. The maximum atomic E-state index is 6.11.